The summed E-state index contributed by atoms with van der Waals surface area (Å²) in [7, 11) is 0. The van der Waals surface area contributed by atoms with Crippen LogP contribution in [0.25, 0.3) is 0 Å². The summed E-state index contributed by atoms with van der Waals surface area (Å²) in [5.74, 6) is 0. The molecule has 0 heterocycles. The number of rotatable bonds is 8. The van der Waals surface area contributed by atoms with E-state index in [1.807, 2.05) is 0 Å². The molecule has 0 saturated heterocycles. The molecule has 120 valence electrons. The van der Waals surface area contributed by atoms with Crippen molar-refractivity contribution in [2.45, 2.75) is 59.5 Å². The van der Waals surface area contributed by atoms with Crippen LogP contribution in [0.15, 0.2) is 30.3 Å². The van der Waals surface area contributed by atoms with E-state index in [2.05, 4.69) is 67.7 Å². The summed E-state index contributed by atoms with van der Waals surface area (Å²) < 4.78 is 4.15. The lowest BCUT2D eigenvalue weighted by Crippen LogP contribution is -2.35. The molecule has 0 aliphatic rings. The summed E-state index contributed by atoms with van der Waals surface area (Å²) >= 11 is 0. The molecule has 1 aromatic rings. The largest absolute Gasteiger partial charge is 0.468 e. The number of hydrogen-bond donors (Lipinski definition) is 0. The van der Waals surface area contributed by atoms with E-state index >= 15 is 0 Å². The smallest absolute Gasteiger partial charge is 0.293 e. The number of ether oxygens (including phenoxy) is 1. The van der Waals surface area contributed by atoms with Gasteiger partial charge in [0, 0.05) is 12.1 Å². The van der Waals surface area contributed by atoms with Gasteiger partial charge in [0.1, 0.15) is 0 Å². The van der Waals surface area contributed by atoms with E-state index < -0.39 is 0 Å². The Kier molecular flexibility index (Phi) is 11.6. The first kappa shape index (κ1) is 19.7. The topological polar surface area (TPSA) is 29.5 Å². The molecule has 21 heavy (non-hydrogen) atoms. The third kappa shape index (κ3) is 7.86. The van der Waals surface area contributed by atoms with E-state index in [4.69, 9.17) is 0 Å². The van der Waals surface area contributed by atoms with Crippen molar-refractivity contribution in [2.75, 3.05) is 13.2 Å². The molecule has 0 radical (unpaired) electrons. The summed E-state index contributed by atoms with van der Waals surface area (Å²) in [5, 5.41) is 0. The molecule has 0 amide bonds. The lowest BCUT2D eigenvalue weighted by atomic mass is 10.0. The van der Waals surface area contributed by atoms with Crippen molar-refractivity contribution >= 4 is 6.47 Å². The predicted octanol–water partition coefficient (Wildman–Crippen LogP) is 4.44. The molecule has 0 aromatic heterocycles. The van der Waals surface area contributed by atoms with Crippen LogP contribution in [0.2, 0.25) is 0 Å². The van der Waals surface area contributed by atoms with Crippen molar-refractivity contribution in [2.24, 2.45) is 0 Å². The molecule has 0 fully saturated rings. The highest BCUT2D eigenvalue weighted by molar-refractivity contribution is 5.36. The minimum absolute atomic E-state index is 0.431. The Bertz CT molecular complexity index is 353. The zero-order valence-electron chi connectivity index (χ0n) is 14.2. The predicted molar refractivity (Wildman–Crippen MR) is 89.3 cm³/mol. The third-order valence-corrected chi connectivity index (χ3v) is 3.65. The molecule has 1 aromatic carbocycles. The molecule has 3 nitrogen and oxygen atoms in total. The van der Waals surface area contributed by atoms with Crippen molar-refractivity contribution in [1.82, 2.24) is 4.90 Å². The summed E-state index contributed by atoms with van der Waals surface area (Å²) in [6, 6.07) is 12.0. The van der Waals surface area contributed by atoms with E-state index in [1.54, 1.807) is 6.92 Å². The van der Waals surface area contributed by atoms with Crippen molar-refractivity contribution in [1.29, 1.82) is 0 Å². The molecule has 1 rings (SSSR count). The molecule has 0 aliphatic heterocycles. The fourth-order valence-corrected chi connectivity index (χ4v) is 2.54. The van der Waals surface area contributed by atoms with Crippen molar-refractivity contribution in [3.8, 4) is 0 Å². The fraction of sp³-hybridized carbons (Fsp3) is 0.611. The number of carbonyl (C=O) groups excluding carboxylic acids is 1. The van der Waals surface area contributed by atoms with Gasteiger partial charge in [-0.3, -0.25) is 9.69 Å². The minimum atomic E-state index is 0.431. The molecular formula is C18H31NO2. The Morgan fingerprint density at radius 1 is 1.14 bits per heavy atom. The quantitative estimate of drug-likeness (QED) is 0.664. The maximum Gasteiger partial charge on any atom is 0.293 e. The van der Waals surface area contributed by atoms with E-state index in [-0.39, 0.29) is 0 Å². The first-order valence-electron chi connectivity index (χ1n) is 7.98. The normalized spacial score (nSPS) is 13.0. The van der Waals surface area contributed by atoms with Crippen LogP contribution in [0.5, 0.6) is 0 Å². The highest BCUT2D eigenvalue weighted by Crippen LogP contribution is 2.23. The van der Waals surface area contributed by atoms with Gasteiger partial charge in [0.15, 0.2) is 0 Å². The van der Waals surface area contributed by atoms with Gasteiger partial charge in [-0.1, -0.05) is 50.6 Å². The molecule has 0 bridgehead atoms. The molecule has 0 saturated carbocycles. The van der Waals surface area contributed by atoms with Gasteiger partial charge in [0.2, 0.25) is 0 Å². The van der Waals surface area contributed by atoms with Crippen molar-refractivity contribution < 1.29 is 9.53 Å². The minimum Gasteiger partial charge on any atom is -0.468 e. The average molecular weight is 293 g/mol. The fourth-order valence-electron chi connectivity index (χ4n) is 2.54. The van der Waals surface area contributed by atoms with E-state index in [0.717, 1.165) is 6.54 Å². The van der Waals surface area contributed by atoms with Gasteiger partial charge in [0.05, 0.1) is 6.61 Å². The highest BCUT2D eigenvalue weighted by Gasteiger charge is 2.18. The Labute approximate surface area is 130 Å². The van der Waals surface area contributed by atoms with Crippen LogP contribution in [0.1, 0.15) is 59.1 Å². The maximum absolute atomic E-state index is 9.18. The third-order valence-electron chi connectivity index (χ3n) is 3.65. The summed E-state index contributed by atoms with van der Waals surface area (Å²) in [6.07, 6.45) is 2.55. The Morgan fingerprint density at radius 3 is 2.14 bits per heavy atom. The van der Waals surface area contributed by atoms with E-state index in [9.17, 15) is 4.79 Å². The number of nitrogens with zero attached hydrogens (tertiary/aromatic N) is 1. The Hall–Kier alpha value is -1.35. The number of carbonyl (C=O) groups is 1. The molecule has 0 N–H and O–H groups in total. The summed E-state index contributed by atoms with van der Waals surface area (Å²) in [4.78, 5) is 11.8. The van der Waals surface area contributed by atoms with Gasteiger partial charge in [-0.2, -0.15) is 0 Å². The number of hydrogen-bond acceptors (Lipinski definition) is 3. The summed E-state index contributed by atoms with van der Waals surface area (Å²) in [6.45, 7) is 13.0. The maximum atomic E-state index is 9.18. The van der Waals surface area contributed by atoms with Crippen LogP contribution < -0.4 is 0 Å². The summed E-state index contributed by atoms with van der Waals surface area (Å²) in [5.41, 5.74) is 1.42. The van der Waals surface area contributed by atoms with Gasteiger partial charge < -0.3 is 4.74 Å². The Balaban J connectivity index is 0.000000690. The molecule has 2 atom stereocenters. The average Bonchev–Trinajstić information content (AvgIpc) is 2.50. The van der Waals surface area contributed by atoms with Gasteiger partial charge in [0.25, 0.3) is 6.47 Å². The zero-order chi connectivity index (χ0) is 16.1. The molecule has 2 unspecified atom stereocenters. The standard InChI is InChI=1S/C15H25N.C3H6O2/c1-5-10-13(3)16(6-2)14(4)15-11-8-7-9-12-15;1-2-5-3-4/h7-9,11-14H,5-6,10H2,1-4H3;3H,2H2,1H3. The molecular weight excluding hydrogens is 262 g/mol. The van der Waals surface area contributed by atoms with Gasteiger partial charge >= 0.3 is 0 Å². The van der Waals surface area contributed by atoms with Crippen LogP contribution in [0.4, 0.5) is 0 Å². The molecule has 0 spiro atoms. The van der Waals surface area contributed by atoms with Crippen LogP contribution in [0.3, 0.4) is 0 Å². The monoisotopic (exact) mass is 293 g/mol. The van der Waals surface area contributed by atoms with E-state index in [1.165, 1.54) is 18.4 Å². The zero-order valence-corrected chi connectivity index (χ0v) is 14.2. The first-order chi connectivity index (χ1) is 10.1. The first-order valence-corrected chi connectivity index (χ1v) is 7.98. The Morgan fingerprint density at radius 2 is 1.76 bits per heavy atom. The second-order valence-electron chi connectivity index (χ2n) is 5.11. The lowest BCUT2D eigenvalue weighted by molar-refractivity contribution is -0.128. The van der Waals surface area contributed by atoms with Crippen LogP contribution in [0, 0.1) is 0 Å². The molecule has 0 aliphatic carbocycles. The number of benzene rings is 1. The second kappa shape index (κ2) is 12.4. The van der Waals surface area contributed by atoms with Gasteiger partial charge in [-0.15, -0.1) is 0 Å². The lowest BCUT2D eigenvalue weighted by Gasteiger charge is -2.33. The van der Waals surface area contributed by atoms with Gasteiger partial charge in [-0.05, 0) is 39.3 Å². The van der Waals surface area contributed by atoms with Crippen LogP contribution >= 0.6 is 0 Å². The molecule has 3 heteroatoms. The van der Waals surface area contributed by atoms with Gasteiger partial charge in [-0.25, -0.2) is 0 Å². The SMILES string of the molecule is CCCC(C)N(CC)C(C)c1ccccc1.CCOC=O. The second-order valence-corrected chi connectivity index (χ2v) is 5.11. The van der Waals surface area contributed by atoms with Crippen LogP contribution in [-0.4, -0.2) is 30.6 Å². The van der Waals surface area contributed by atoms with E-state index in [0.29, 0.717) is 25.2 Å². The van der Waals surface area contributed by atoms with Crippen LogP contribution in [-0.2, 0) is 9.53 Å². The van der Waals surface area contributed by atoms with Crippen molar-refractivity contribution in [3.63, 3.8) is 0 Å². The van der Waals surface area contributed by atoms with Crippen molar-refractivity contribution in [3.05, 3.63) is 35.9 Å². The highest BCUT2D eigenvalue weighted by atomic mass is 16.5.